The van der Waals surface area contributed by atoms with Gasteiger partial charge in [-0.3, -0.25) is 0 Å². The first-order chi connectivity index (χ1) is 6.84. The molecule has 3 rings (SSSR count). The van der Waals surface area contributed by atoms with E-state index >= 15 is 0 Å². The summed E-state index contributed by atoms with van der Waals surface area (Å²) in [7, 11) is 0. The SMILES string of the molecule is Clc1cnnc2cc3c(cc12)OCO3. The van der Waals surface area contributed by atoms with Gasteiger partial charge in [-0.15, -0.1) is 0 Å². The van der Waals surface area contributed by atoms with Crippen molar-refractivity contribution in [3.05, 3.63) is 23.4 Å². The van der Waals surface area contributed by atoms with Crippen LogP contribution in [0.4, 0.5) is 0 Å². The highest BCUT2D eigenvalue weighted by atomic mass is 35.5. The van der Waals surface area contributed by atoms with Crippen LogP contribution in [-0.2, 0) is 0 Å². The quantitative estimate of drug-likeness (QED) is 0.664. The Morgan fingerprint density at radius 2 is 2.00 bits per heavy atom. The van der Waals surface area contributed by atoms with E-state index in [0.29, 0.717) is 22.0 Å². The maximum absolute atomic E-state index is 5.96. The standard InChI is InChI=1S/C9H5ClN2O2/c10-6-3-11-12-7-2-9-8(1-5(6)7)13-4-14-9/h1-3H,4H2. The van der Waals surface area contributed by atoms with Crippen molar-refractivity contribution in [1.82, 2.24) is 10.2 Å². The van der Waals surface area contributed by atoms with Crippen LogP contribution in [-0.4, -0.2) is 17.0 Å². The van der Waals surface area contributed by atoms with E-state index in [1.54, 1.807) is 6.07 Å². The van der Waals surface area contributed by atoms with E-state index < -0.39 is 0 Å². The average molecular weight is 209 g/mol. The van der Waals surface area contributed by atoms with Gasteiger partial charge in [0, 0.05) is 11.5 Å². The second kappa shape index (κ2) is 2.72. The molecule has 70 valence electrons. The Balaban J connectivity index is 2.39. The monoisotopic (exact) mass is 208 g/mol. The van der Waals surface area contributed by atoms with E-state index in [1.165, 1.54) is 6.20 Å². The Hall–Kier alpha value is -1.55. The lowest BCUT2D eigenvalue weighted by Crippen LogP contribution is -1.92. The molecule has 0 bridgehead atoms. The summed E-state index contributed by atoms with van der Waals surface area (Å²) >= 11 is 5.96. The van der Waals surface area contributed by atoms with E-state index in [4.69, 9.17) is 21.1 Å². The lowest BCUT2D eigenvalue weighted by molar-refractivity contribution is 0.174. The number of aromatic nitrogens is 2. The lowest BCUT2D eigenvalue weighted by Gasteiger charge is -2.00. The molecule has 2 heterocycles. The summed E-state index contributed by atoms with van der Waals surface area (Å²) in [5.41, 5.74) is 0.710. The molecule has 1 aromatic heterocycles. The van der Waals surface area contributed by atoms with Crippen LogP contribution in [0.1, 0.15) is 0 Å². The van der Waals surface area contributed by atoms with Crippen molar-refractivity contribution < 1.29 is 9.47 Å². The molecule has 0 unspecified atom stereocenters. The fraction of sp³-hybridized carbons (Fsp3) is 0.111. The summed E-state index contributed by atoms with van der Waals surface area (Å²) < 4.78 is 10.4. The third kappa shape index (κ3) is 1.01. The molecular weight excluding hydrogens is 204 g/mol. The smallest absolute Gasteiger partial charge is 0.231 e. The molecule has 1 aromatic carbocycles. The summed E-state index contributed by atoms with van der Waals surface area (Å²) in [4.78, 5) is 0. The van der Waals surface area contributed by atoms with Crippen LogP contribution in [0, 0.1) is 0 Å². The summed E-state index contributed by atoms with van der Waals surface area (Å²) in [5, 5.41) is 9.10. The first kappa shape index (κ1) is 7.82. The van der Waals surface area contributed by atoms with E-state index in [0.717, 1.165) is 5.39 Å². The van der Waals surface area contributed by atoms with Crippen molar-refractivity contribution >= 4 is 22.5 Å². The second-order valence-corrected chi connectivity index (χ2v) is 3.32. The Kier molecular flexibility index (Phi) is 1.52. The van der Waals surface area contributed by atoms with Crippen molar-refractivity contribution in [1.29, 1.82) is 0 Å². The van der Waals surface area contributed by atoms with Gasteiger partial charge in [0.25, 0.3) is 0 Å². The molecule has 0 aliphatic carbocycles. The summed E-state index contributed by atoms with van der Waals surface area (Å²) in [6.07, 6.45) is 1.51. The van der Waals surface area contributed by atoms with E-state index in [2.05, 4.69) is 10.2 Å². The van der Waals surface area contributed by atoms with E-state index in [-0.39, 0.29) is 6.79 Å². The number of nitrogens with zero attached hydrogens (tertiary/aromatic N) is 2. The van der Waals surface area contributed by atoms with Crippen LogP contribution >= 0.6 is 11.6 Å². The fourth-order valence-corrected chi connectivity index (χ4v) is 1.61. The Morgan fingerprint density at radius 1 is 1.21 bits per heavy atom. The lowest BCUT2D eigenvalue weighted by atomic mass is 10.2. The number of hydrogen-bond acceptors (Lipinski definition) is 4. The Bertz CT molecular complexity index is 515. The molecule has 14 heavy (non-hydrogen) atoms. The number of halogens is 1. The van der Waals surface area contributed by atoms with Crippen molar-refractivity contribution in [2.45, 2.75) is 0 Å². The highest BCUT2D eigenvalue weighted by Crippen LogP contribution is 2.36. The van der Waals surface area contributed by atoms with Crippen molar-refractivity contribution in [3.63, 3.8) is 0 Å². The van der Waals surface area contributed by atoms with Gasteiger partial charge in [-0.1, -0.05) is 11.6 Å². The number of fused-ring (bicyclic) bond motifs is 2. The van der Waals surface area contributed by atoms with E-state index in [9.17, 15) is 0 Å². The molecule has 5 heteroatoms. The van der Waals surface area contributed by atoms with Gasteiger partial charge in [0.1, 0.15) is 0 Å². The summed E-state index contributed by atoms with van der Waals surface area (Å²) in [6.45, 7) is 0.247. The minimum Gasteiger partial charge on any atom is -0.454 e. The normalized spacial score (nSPS) is 13.5. The molecule has 1 aliphatic heterocycles. The van der Waals surface area contributed by atoms with Crippen LogP contribution in [0.2, 0.25) is 5.02 Å². The van der Waals surface area contributed by atoms with Gasteiger partial charge in [-0.2, -0.15) is 10.2 Å². The van der Waals surface area contributed by atoms with Gasteiger partial charge in [-0.25, -0.2) is 0 Å². The van der Waals surface area contributed by atoms with Crippen LogP contribution in [0.15, 0.2) is 18.3 Å². The molecule has 2 aromatic rings. The highest BCUT2D eigenvalue weighted by Gasteiger charge is 2.15. The first-order valence-electron chi connectivity index (χ1n) is 4.05. The van der Waals surface area contributed by atoms with Crippen LogP contribution in [0.3, 0.4) is 0 Å². The molecule has 0 N–H and O–H groups in total. The fourth-order valence-electron chi connectivity index (χ4n) is 1.42. The summed E-state index contributed by atoms with van der Waals surface area (Å²) in [6, 6.07) is 3.59. The van der Waals surface area contributed by atoms with Gasteiger partial charge < -0.3 is 9.47 Å². The molecule has 1 aliphatic rings. The average Bonchev–Trinajstić information content (AvgIpc) is 2.62. The topological polar surface area (TPSA) is 44.2 Å². The largest absolute Gasteiger partial charge is 0.454 e. The molecule has 0 atom stereocenters. The zero-order valence-corrected chi connectivity index (χ0v) is 7.78. The third-order valence-electron chi connectivity index (χ3n) is 2.08. The Labute approximate surface area is 84.4 Å². The zero-order valence-electron chi connectivity index (χ0n) is 7.03. The minimum absolute atomic E-state index is 0.247. The highest BCUT2D eigenvalue weighted by molar-refractivity contribution is 6.35. The molecule has 0 radical (unpaired) electrons. The zero-order chi connectivity index (χ0) is 9.54. The molecule has 0 saturated heterocycles. The molecular formula is C9H5ClN2O2. The Morgan fingerprint density at radius 3 is 2.86 bits per heavy atom. The number of ether oxygens (including phenoxy) is 2. The molecule has 0 fully saturated rings. The first-order valence-corrected chi connectivity index (χ1v) is 4.43. The van der Waals surface area contributed by atoms with Crippen molar-refractivity contribution in [2.24, 2.45) is 0 Å². The number of rotatable bonds is 0. The summed E-state index contributed by atoms with van der Waals surface area (Å²) in [5.74, 6) is 1.39. The molecule has 0 spiro atoms. The minimum atomic E-state index is 0.247. The van der Waals surface area contributed by atoms with Crippen LogP contribution in [0.25, 0.3) is 10.9 Å². The number of hydrogen-bond donors (Lipinski definition) is 0. The van der Waals surface area contributed by atoms with E-state index in [1.807, 2.05) is 6.07 Å². The molecule has 0 amide bonds. The molecule has 4 nitrogen and oxygen atoms in total. The van der Waals surface area contributed by atoms with Crippen LogP contribution < -0.4 is 9.47 Å². The van der Waals surface area contributed by atoms with Gasteiger partial charge in [0.15, 0.2) is 11.5 Å². The molecule has 0 saturated carbocycles. The number of benzene rings is 1. The second-order valence-electron chi connectivity index (χ2n) is 2.92. The maximum Gasteiger partial charge on any atom is 0.231 e. The van der Waals surface area contributed by atoms with Gasteiger partial charge in [0.05, 0.1) is 16.7 Å². The van der Waals surface area contributed by atoms with Crippen molar-refractivity contribution in [3.8, 4) is 11.5 Å². The maximum atomic E-state index is 5.96. The predicted octanol–water partition coefficient (Wildman–Crippen LogP) is 2.01. The predicted molar refractivity (Wildman–Crippen MR) is 50.7 cm³/mol. The van der Waals surface area contributed by atoms with Gasteiger partial charge >= 0.3 is 0 Å². The van der Waals surface area contributed by atoms with Gasteiger partial charge in [0.2, 0.25) is 6.79 Å². The van der Waals surface area contributed by atoms with Crippen molar-refractivity contribution in [2.75, 3.05) is 6.79 Å². The van der Waals surface area contributed by atoms with Gasteiger partial charge in [-0.05, 0) is 6.07 Å². The third-order valence-corrected chi connectivity index (χ3v) is 2.39. The van der Waals surface area contributed by atoms with Crippen LogP contribution in [0.5, 0.6) is 11.5 Å².